The summed E-state index contributed by atoms with van der Waals surface area (Å²) in [5.41, 5.74) is 3.90. The maximum absolute atomic E-state index is 12.3. The van der Waals surface area contributed by atoms with Crippen LogP contribution in [0.15, 0.2) is 42.5 Å². The van der Waals surface area contributed by atoms with Crippen molar-refractivity contribution in [3.8, 4) is 0 Å². The smallest absolute Gasteiger partial charge is 0.255 e. The minimum absolute atomic E-state index is 0.155. The molecule has 0 unspecified atom stereocenters. The first kappa shape index (κ1) is 18.2. The SMILES string of the molecule is Cc1ccc(NC(=O)c2ccc(NC(=O)CCC(=O)[O-])cc2)cc1C. The Bertz CT molecular complexity index is 798. The average molecular weight is 339 g/mol. The summed E-state index contributed by atoms with van der Waals surface area (Å²) >= 11 is 0. The Kier molecular flexibility index (Phi) is 5.89. The van der Waals surface area contributed by atoms with Crippen molar-refractivity contribution in [2.24, 2.45) is 0 Å². The predicted molar refractivity (Wildman–Crippen MR) is 93.2 cm³/mol. The Morgan fingerprint density at radius 1 is 0.840 bits per heavy atom. The number of nitrogens with one attached hydrogen (secondary N) is 2. The van der Waals surface area contributed by atoms with Gasteiger partial charge in [-0.3, -0.25) is 9.59 Å². The molecule has 0 fully saturated rings. The van der Waals surface area contributed by atoms with Crippen LogP contribution in [0.5, 0.6) is 0 Å². The Morgan fingerprint density at radius 2 is 1.48 bits per heavy atom. The van der Waals surface area contributed by atoms with Crippen LogP contribution in [0, 0.1) is 13.8 Å². The third-order valence-corrected chi connectivity index (χ3v) is 3.75. The molecule has 0 spiro atoms. The predicted octanol–water partition coefficient (Wildman–Crippen LogP) is 2.02. The second kappa shape index (κ2) is 8.10. The van der Waals surface area contributed by atoms with E-state index in [9.17, 15) is 19.5 Å². The van der Waals surface area contributed by atoms with Crippen LogP contribution in [0.4, 0.5) is 11.4 Å². The van der Waals surface area contributed by atoms with E-state index in [0.717, 1.165) is 11.1 Å². The van der Waals surface area contributed by atoms with Crippen molar-refractivity contribution in [2.45, 2.75) is 26.7 Å². The summed E-state index contributed by atoms with van der Waals surface area (Å²) < 4.78 is 0. The highest BCUT2D eigenvalue weighted by atomic mass is 16.4. The van der Waals surface area contributed by atoms with Gasteiger partial charge in [-0.05, 0) is 67.8 Å². The zero-order chi connectivity index (χ0) is 18.4. The van der Waals surface area contributed by atoms with Gasteiger partial charge in [0.2, 0.25) is 5.91 Å². The van der Waals surface area contributed by atoms with Crippen molar-refractivity contribution in [1.29, 1.82) is 0 Å². The lowest BCUT2D eigenvalue weighted by molar-refractivity contribution is -0.305. The molecule has 0 bridgehead atoms. The van der Waals surface area contributed by atoms with E-state index < -0.39 is 11.9 Å². The molecule has 2 N–H and O–H groups in total. The standard InChI is InChI=1S/C19H20N2O4/c1-12-3-6-16(11-13(12)2)21-19(25)14-4-7-15(8-5-14)20-17(22)9-10-18(23)24/h3-8,11H,9-10H2,1-2H3,(H,20,22)(H,21,25)(H,23,24)/p-1. The fourth-order valence-electron chi connectivity index (χ4n) is 2.17. The van der Waals surface area contributed by atoms with Crippen molar-refractivity contribution >= 4 is 29.2 Å². The molecule has 2 rings (SSSR count). The molecule has 2 aromatic carbocycles. The van der Waals surface area contributed by atoms with E-state index in [1.54, 1.807) is 24.3 Å². The molecule has 0 aliphatic carbocycles. The minimum Gasteiger partial charge on any atom is -0.550 e. The van der Waals surface area contributed by atoms with Crippen LogP contribution in [0.25, 0.3) is 0 Å². The highest BCUT2D eigenvalue weighted by Crippen LogP contribution is 2.16. The van der Waals surface area contributed by atoms with Crippen LogP contribution in [0.2, 0.25) is 0 Å². The molecule has 0 aromatic heterocycles. The number of carboxylic acids is 1. The maximum Gasteiger partial charge on any atom is 0.255 e. The summed E-state index contributed by atoms with van der Waals surface area (Å²) in [7, 11) is 0. The number of benzene rings is 2. The average Bonchev–Trinajstić information content (AvgIpc) is 2.57. The summed E-state index contributed by atoms with van der Waals surface area (Å²) in [6.07, 6.45) is -0.486. The van der Waals surface area contributed by atoms with Gasteiger partial charge in [-0.25, -0.2) is 0 Å². The number of anilines is 2. The van der Waals surface area contributed by atoms with Gasteiger partial charge >= 0.3 is 0 Å². The van der Waals surface area contributed by atoms with Crippen molar-refractivity contribution in [3.05, 3.63) is 59.2 Å². The van der Waals surface area contributed by atoms with Gasteiger partial charge in [-0.2, -0.15) is 0 Å². The van der Waals surface area contributed by atoms with Crippen LogP contribution in [-0.4, -0.2) is 17.8 Å². The quantitative estimate of drug-likeness (QED) is 0.841. The van der Waals surface area contributed by atoms with E-state index in [4.69, 9.17) is 0 Å². The van der Waals surface area contributed by atoms with E-state index in [0.29, 0.717) is 16.9 Å². The highest BCUT2D eigenvalue weighted by molar-refractivity contribution is 6.04. The van der Waals surface area contributed by atoms with Crippen LogP contribution in [0.1, 0.15) is 34.3 Å². The van der Waals surface area contributed by atoms with Gasteiger partial charge in [0.15, 0.2) is 0 Å². The summed E-state index contributed by atoms with van der Waals surface area (Å²) in [6, 6.07) is 12.0. The molecule has 6 nitrogen and oxygen atoms in total. The normalized spacial score (nSPS) is 10.2. The number of hydrogen-bond donors (Lipinski definition) is 2. The van der Waals surface area contributed by atoms with Gasteiger partial charge in [0.25, 0.3) is 5.91 Å². The number of carbonyl (C=O) groups excluding carboxylic acids is 3. The Balaban J connectivity index is 1.96. The molecule has 0 saturated carbocycles. The first-order valence-electron chi connectivity index (χ1n) is 7.83. The molecule has 25 heavy (non-hydrogen) atoms. The fourth-order valence-corrected chi connectivity index (χ4v) is 2.17. The zero-order valence-electron chi connectivity index (χ0n) is 14.1. The second-order valence-electron chi connectivity index (χ2n) is 5.75. The van der Waals surface area contributed by atoms with Crippen LogP contribution < -0.4 is 15.7 Å². The number of aliphatic carboxylic acids is 1. The van der Waals surface area contributed by atoms with Gasteiger partial charge < -0.3 is 20.5 Å². The molecule has 0 heterocycles. The number of rotatable bonds is 6. The molecule has 6 heteroatoms. The van der Waals surface area contributed by atoms with E-state index in [-0.39, 0.29) is 18.7 Å². The van der Waals surface area contributed by atoms with Crippen LogP contribution in [-0.2, 0) is 9.59 Å². The Hall–Kier alpha value is -3.15. The first-order chi connectivity index (χ1) is 11.8. The molecule has 130 valence electrons. The summed E-state index contributed by atoms with van der Waals surface area (Å²) in [4.78, 5) is 34.1. The van der Waals surface area contributed by atoms with E-state index in [1.807, 2.05) is 32.0 Å². The summed E-state index contributed by atoms with van der Waals surface area (Å²) in [6.45, 7) is 3.98. The lowest BCUT2D eigenvalue weighted by atomic mass is 10.1. The number of carbonyl (C=O) groups is 3. The summed E-state index contributed by atoms with van der Waals surface area (Å²) in [5, 5.41) is 15.7. The molecule has 0 radical (unpaired) electrons. The number of aryl methyl sites for hydroxylation is 2. The lowest BCUT2D eigenvalue weighted by Crippen LogP contribution is -2.24. The third-order valence-electron chi connectivity index (χ3n) is 3.75. The molecule has 0 aliphatic heterocycles. The molecular formula is C19H19N2O4-. The fraction of sp³-hybridized carbons (Fsp3) is 0.211. The van der Waals surface area contributed by atoms with Crippen LogP contribution >= 0.6 is 0 Å². The van der Waals surface area contributed by atoms with Gasteiger partial charge in [-0.15, -0.1) is 0 Å². The lowest BCUT2D eigenvalue weighted by Gasteiger charge is -2.09. The Labute approximate surface area is 145 Å². The third kappa shape index (κ3) is 5.46. The van der Waals surface area contributed by atoms with E-state index in [1.165, 1.54) is 0 Å². The molecular weight excluding hydrogens is 320 g/mol. The molecule has 2 aromatic rings. The van der Waals surface area contributed by atoms with E-state index in [2.05, 4.69) is 10.6 Å². The van der Waals surface area contributed by atoms with Crippen molar-refractivity contribution < 1.29 is 19.5 Å². The van der Waals surface area contributed by atoms with E-state index >= 15 is 0 Å². The van der Waals surface area contributed by atoms with Gasteiger partial charge in [-0.1, -0.05) is 6.07 Å². The Morgan fingerprint density at radius 3 is 2.08 bits per heavy atom. The minimum atomic E-state index is -1.27. The van der Waals surface area contributed by atoms with Gasteiger partial charge in [0, 0.05) is 29.3 Å². The largest absolute Gasteiger partial charge is 0.550 e. The second-order valence-corrected chi connectivity index (χ2v) is 5.75. The highest BCUT2D eigenvalue weighted by Gasteiger charge is 2.08. The number of hydrogen-bond acceptors (Lipinski definition) is 4. The maximum atomic E-state index is 12.3. The van der Waals surface area contributed by atoms with Crippen molar-refractivity contribution in [2.75, 3.05) is 10.6 Å². The zero-order valence-corrected chi connectivity index (χ0v) is 14.1. The van der Waals surface area contributed by atoms with Crippen molar-refractivity contribution in [3.63, 3.8) is 0 Å². The van der Waals surface area contributed by atoms with Gasteiger partial charge in [0.05, 0.1) is 0 Å². The molecule has 0 saturated heterocycles. The summed E-state index contributed by atoms with van der Waals surface area (Å²) in [5.74, 6) is -1.94. The van der Waals surface area contributed by atoms with Gasteiger partial charge in [0.1, 0.15) is 0 Å². The molecule has 0 atom stereocenters. The first-order valence-corrected chi connectivity index (χ1v) is 7.83. The van der Waals surface area contributed by atoms with Crippen LogP contribution in [0.3, 0.4) is 0 Å². The number of amides is 2. The molecule has 0 aliphatic rings. The molecule has 2 amide bonds. The number of carboxylic acid groups (broad SMARTS) is 1. The van der Waals surface area contributed by atoms with Crippen molar-refractivity contribution in [1.82, 2.24) is 0 Å². The topological polar surface area (TPSA) is 98.3 Å². The monoisotopic (exact) mass is 339 g/mol.